The van der Waals surface area contributed by atoms with Gasteiger partial charge in [-0.2, -0.15) is 0 Å². The Morgan fingerprint density at radius 3 is 2.71 bits per heavy atom. The number of rotatable bonds is 5. The fourth-order valence-corrected chi connectivity index (χ4v) is 1.98. The summed E-state index contributed by atoms with van der Waals surface area (Å²) in [4.78, 5) is 10.4. The van der Waals surface area contributed by atoms with Crippen LogP contribution in [0.5, 0.6) is 5.75 Å². The third-order valence-electron chi connectivity index (χ3n) is 2.86. The molecule has 0 fully saturated rings. The van der Waals surface area contributed by atoms with Gasteiger partial charge in [0.1, 0.15) is 5.82 Å². The lowest BCUT2D eigenvalue weighted by molar-refractivity contribution is -0.385. The molecule has 110 valence electrons. The molecule has 7 heteroatoms. The molecule has 2 aromatic rings. The molecule has 0 saturated carbocycles. The van der Waals surface area contributed by atoms with Crippen molar-refractivity contribution in [1.29, 1.82) is 0 Å². The number of hydrogen-bond donors (Lipinski definition) is 1. The quantitative estimate of drug-likeness (QED) is 0.669. The van der Waals surface area contributed by atoms with Crippen molar-refractivity contribution in [3.8, 4) is 5.75 Å². The zero-order valence-electron chi connectivity index (χ0n) is 11.1. The Morgan fingerprint density at radius 1 is 1.33 bits per heavy atom. The van der Waals surface area contributed by atoms with Gasteiger partial charge in [0.05, 0.1) is 17.1 Å². The van der Waals surface area contributed by atoms with Crippen molar-refractivity contribution in [3.63, 3.8) is 0 Å². The van der Waals surface area contributed by atoms with E-state index in [1.54, 1.807) is 12.1 Å². The number of nitro benzene ring substituents is 1. The van der Waals surface area contributed by atoms with Crippen LogP contribution in [0.25, 0.3) is 0 Å². The van der Waals surface area contributed by atoms with Crippen LogP contribution in [-0.2, 0) is 6.54 Å². The summed E-state index contributed by atoms with van der Waals surface area (Å²) < 4.78 is 18.0. The third kappa shape index (κ3) is 3.61. The van der Waals surface area contributed by atoms with Crippen LogP contribution in [-0.4, -0.2) is 12.0 Å². The first-order valence-corrected chi connectivity index (χ1v) is 6.39. The molecule has 0 aliphatic carbocycles. The van der Waals surface area contributed by atoms with Crippen LogP contribution in [0.2, 0.25) is 5.02 Å². The van der Waals surface area contributed by atoms with Gasteiger partial charge >= 0.3 is 5.69 Å². The van der Waals surface area contributed by atoms with Crippen LogP contribution in [0.1, 0.15) is 5.56 Å². The van der Waals surface area contributed by atoms with Gasteiger partial charge in [-0.25, -0.2) is 4.39 Å². The second kappa shape index (κ2) is 6.41. The first-order chi connectivity index (χ1) is 10.0. The normalized spacial score (nSPS) is 10.2. The zero-order chi connectivity index (χ0) is 15.4. The summed E-state index contributed by atoms with van der Waals surface area (Å²) in [6.45, 7) is 0.340. The van der Waals surface area contributed by atoms with Crippen molar-refractivity contribution >= 4 is 23.0 Å². The summed E-state index contributed by atoms with van der Waals surface area (Å²) in [5.41, 5.74) is 1.22. The van der Waals surface area contributed by atoms with Gasteiger partial charge in [-0.1, -0.05) is 17.7 Å². The summed E-state index contributed by atoms with van der Waals surface area (Å²) in [7, 11) is 1.38. The second-order valence-corrected chi connectivity index (χ2v) is 4.65. The molecule has 0 aliphatic rings. The van der Waals surface area contributed by atoms with Crippen LogP contribution in [0, 0.1) is 15.9 Å². The van der Waals surface area contributed by atoms with E-state index in [0.29, 0.717) is 17.8 Å². The van der Waals surface area contributed by atoms with Gasteiger partial charge in [0.15, 0.2) is 5.75 Å². The maximum atomic E-state index is 13.0. The van der Waals surface area contributed by atoms with E-state index in [4.69, 9.17) is 16.3 Å². The lowest BCUT2D eigenvalue weighted by Crippen LogP contribution is -2.01. The molecule has 0 bridgehead atoms. The average molecular weight is 311 g/mol. The maximum Gasteiger partial charge on any atom is 0.311 e. The number of methoxy groups -OCH3 is 1. The molecule has 0 heterocycles. The summed E-state index contributed by atoms with van der Waals surface area (Å²) in [6, 6.07) is 8.92. The number of halogens is 2. The lowest BCUT2D eigenvalue weighted by Gasteiger charge is -2.08. The van der Waals surface area contributed by atoms with E-state index in [9.17, 15) is 14.5 Å². The molecule has 1 N–H and O–H groups in total. The molecule has 0 aromatic heterocycles. The number of nitrogens with zero attached hydrogens (tertiary/aromatic N) is 1. The van der Waals surface area contributed by atoms with E-state index >= 15 is 0 Å². The maximum absolute atomic E-state index is 13.0. The van der Waals surface area contributed by atoms with Crippen molar-refractivity contribution in [2.75, 3.05) is 12.4 Å². The fraction of sp³-hybridized carbons (Fsp3) is 0.143. The number of hydrogen-bond acceptors (Lipinski definition) is 4. The van der Waals surface area contributed by atoms with Crippen molar-refractivity contribution in [3.05, 3.63) is 62.9 Å². The Morgan fingerprint density at radius 2 is 2.10 bits per heavy atom. The predicted molar refractivity (Wildman–Crippen MR) is 78.4 cm³/mol. The topological polar surface area (TPSA) is 64.4 Å². The molecule has 0 saturated heterocycles. The molecule has 21 heavy (non-hydrogen) atoms. The second-order valence-electron chi connectivity index (χ2n) is 4.25. The van der Waals surface area contributed by atoms with E-state index in [-0.39, 0.29) is 16.5 Å². The van der Waals surface area contributed by atoms with Crippen LogP contribution in [0.4, 0.5) is 15.8 Å². The summed E-state index contributed by atoms with van der Waals surface area (Å²) in [6.07, 6.45) is 0. The van der Waals surface area contributed by atoms with E-state index in [0.717, 1.165) is 0 Å². The smallest absolute Gasteiger partial charge is 0.311 e. The summed E-state index contributed by atoms with van der Waals surface area (Å²) >= 11 is 5.68. The van der Waals surface area contributed by atoms with Crippen LogP contribution in [0.15, 0.2) is 36.4 Å². The lowest BCUT2D eigenvalue weighted by atomic mass is 10.2. The van der Waals surface area contributed by atoms with Gasteiger partial charge < -0.3 is 10.1 Å². The minimum atomic E-state index is -0.503. The van der Waals surface area contributed by atoms with Gasteiger partial charge in [0.25, 0.3) is 0 Å². The Kier molecular flexibility index (Phi) is 4.59. The largest absolute Gasteiger partial charge is 0.490 e. The Bertz CT molecular complexity index is 679. The minimum Gasteiger partial charge on any atom is -0.490 e. The van der Waals surface area contributed by atoms with Crippen LogP contribution >= 0.6 is 11.6 Å². The van der Waals surface area contributed by atoms with Crippen molar-refractivity contribution < 1.29 is 14.1 Å². The van der Waals surface area contributed by atoms with Gasteiger partial charge in [-0.05, 0) is 29.8 Å². The molecule has 0 aliphatic heterocycles. The predicted octanol–water partition coefficient (Wildman–Crippen LogP) is 4.01. The highest BCUT2D eigenvalue weighted by atomic mass is 35.5. The monoisotopic (exact) mass is 310 g/mol. The first kappa shape index (κ1) is 15.1. The molecule has 0 amide bonds. The summed E-state index contributed by atoms with van der Waals surface area (Å²) in [5.74, 6) is -0.295. The molecule has 0 atom stereocenters. The van der Waals surface area contributed by atoms with Gasteiger partial charge in [0.2, 0.25) is 0 Å². The number of nitro groups is 1. The average Bonchev–Trinajstić information content (AvgIpc) is 2.48. The van der Waals surface area contributed by atoms with Crippen molar-refractivity contribution in [2.24, 2.45) is 0 Å². The molecule has 5 nitrogen and oxygen atoms in total. The minimum absolute atomic E-state index is 0.0145. The zero-order valence-corrected chi connectivity index (χ0v) is 11.9. The van der Waals surface area contributed by atoms with Crippen molar-refractivity contribution in [2.45, 2.75) is 6.54 Å². The first-order valence-electron chi connectivity index (χ1n) is 6.01. The molecular weight excluding hydrogens is 299 g/mol. The number of benzene rings is 2. The molecule has 2 rings (SSSR count). The molecule has 0 radical (unpaired) electrons. The standard InChI is InChI=1S/C14H12ClFN2O3/c1-21-14-5-2-9(6-13(14)18(19)20)8-17-10-3-4-12(16)11(15)7-10/h2-7,17H,8H2,1H3. The number of nitrogens with one attached hydrogen (secondary N) is 1. The number of anilines is 1. The van der Waals surface area contributed by atoms with E-state index in [2.05, 4.69) is 5.32 Å². The SMILES string of the molecule is COc1ccc(CNc2ccc(F)c(Cl)c2)cc1[N+](=O)[O-]. The van der Waals surface area contributed by atoms with Gasteiger partial charge in [-0.3, -0.25) is 10.1 Å². The molecular formula is C14H12ClFN2O3. The molecule has 2 aromatic carbocycles. The Hall–Kier alpha value is -2.34. The van der Waals surface area contributed by atoms with E-state index in [1.807, 2.05) is 0 Å². The highest BCUT2D eigenvalue weighted by molar-refractivity contribution is 6.31. The van der Waals surface area contributed by atoms with Crippen molar-refractivity contribution in [1.82, 2.24) is 0 Å². The summed E-state index contributed by atoms with van der Waals surface area (Å²) in [5, 5.41) is 14.0. The third-order valence-corrected chi connectivity index (χ3v) is 3.15. The molecule has 0 unspecified atom stereocenters. The molecule has 0 spiro atoms. The van der Waals surface area contributed by atoms with E-state index in [1.165, 1.54) is 31.4 Å². The Balaban J connectivity index is 2.14. The van der Waals surface area contributed by atoms with Crippen LogP contribution < -0.4 is 10.1 Å². The van der Waals surface area contributed by atoms with Gasteiger partial charge in [0, 0.05) is 18.3 Å². The highest BCUT2D eigenvalue weighted by Gasteiger charge is 2.14. The Labute approximate surface area is 125 Å². The van der Waals surface area contributed by atoms with E-state index < -0.39 is 10.7 Å². The van der Waals surface area contributed by atoms with Crippen LogP contribution in [0.3, 0.4) is 0 Å². The fourth-order valence-electron chi connectivity index (χ4n) is 1.80. The van der Waals surface area contributed by atoms with Gasteiger partial charge in [-0.15, -0.1) is 0 Å². The highest BCUT2D eigenvalue weighted by Crippen LogP contribution is 2.28. The number of ether oxygens (including phenoxy) is 1.